The number of carbonyl (C=O) groups excluding carboxylic acids is 2. The number of halogens is 5. The molecule has 4 aromatic carbocycles. The molecule has 4 aromatic rings. The summed E-state index contributed by atoms with van der Waals surface area (Å²) in [5.74, 6) is -1.25. The van der Waals surface area contributed by atoms with Gasteiger partial charge in [-0.25, -0.2) is 8.42 Å². The minimum absolute atomic E-state index is 0.0693. The summed E-state index contributed by atoms with van der Waals surface area (Å²) in [6.45, 7) is 3.02. The van der Waals surface area contributed by atoms with Crippen LogP contribution in [-0.2, 0) is 38.8 Å². The molecule has 1 N–H and O–H groups in total. The molecule has 0 aliphatic carbocycles. The topological polar surface area (TPSA) is 86.8 Å². The van der Waals surface area contributed by atoms with Crippen LogP contribution in [0, 0.1) is 5.92 Å². The molecule has 0 fully saturated rings. The molecule has 0 aromatic heterocycles. The Labute approximate surface area is 288 Å². The van der Waals surface area contributed by atoms with Crippen molar-refractivity contribution in [1.29, 1.82) is 0 Å². The summed E-state index contributed by atoms with van der Waals surface area (Å²) >= 11 is 12.5. The predicted octanol–water partition coefficient (Wildman–Crippen LogP) is 7.62. The second kappa shape index (κ2) is 15.9. The van der Waals surface area contributed by atoms with Crippen LogP contribution in [0.5, 0.6) is 0 Å². The Morgan fingerprint density at radius 1 is 0.833 bits per heavy atom. The number of benzene rings is 4. The number of carbonyl (C=O) groups is 2. The minimum atomic E-state index is -4.83. The minimum Gasteiger partial charge on any atom is -0.354 e. The molecule has 7 nitrogen and oxygen atoms in total. The molecule has 4 rings (SSSR count). The van der Waals surface area contributed by atoms with Gasteiger partial charge < -0.3 is 10.2 Å². The van der Waals surface area contributed by atoms with Gasteiger partial charge in [0.2, 0.25) is 11.8 Å². The van der Waals surface area contributed by atoms with Gasteiger partial charge in [0.05, 0.1) is 21.2 Å². The van der Waals surface area contributed by atoms with Gasteiger partial charge in [0.15, 0.2) is 0 Å². The highest BCUT2D eigenvalue weighted by Gasteiger charge is 2.37. The van der Waals surface area contributed by atoms with Gasteiger partial charge in [0.1, 0.15) is 12.6 Å². The monoisotopic (exact) mass is 719 g/mol. The van der Waals surface area contributed by atoms with E-state index in [1.165, 1.54) is 29.2 Å². The van der Waals surface area contributed by atoms with Gasteiger partial charge in [0, 0.05) is 24.5 Å². The summed E-state index contributed by atoms with van der Waals surface area (Å²) in [5.41, 5.74) is -0.391. The van der Waals surface area contributed by atoms with Gasteiger partial charge in [-0.1, -0.05) is 97.7 Å². The molecule has 13 heteroatoms. The average molecular weight is 721 g/mol. The first-order valence-electron chi connectivity index (χ1n) is 15.0. The molecule has 254 valence electrons. The van der Waals surface area contributed by atoms with E-state index < -0.39 is 51.9 Å². The number of hydrogen-bond donors (Lipinski definition) is 1. The fourth-order valence-electron chi connectivity index (χ4n) is 4.88. The lowest BCUT2D eigenvalue weighted by atomic mass is 10.0. The van der Waals surface area contributed by atoms with Crippen molar-refractivity contribution < 1.29 is 31.2 Å². The van der Waals surface area contributed by atoms with Gasteiger partial charge in [-0.05, 0) is 59.5 Å². The summed E-state index contributed by atoms with van der Waals surface area (Å²) in [6, 6.07) is 23.6. The highest BCUT2D eigenvalue weighted by atomic mass is 35.5. The fraction of sp³-hybridized carbons (Fsp3) is 0.257. The van der Waals surface area contributed by atoms with Crippen LogP contribution in [0.1, 0.15) is 30.5 Å². The van der Waals surface area contributed by atoms with E-state index in [1.54, 1.807) is 60.7 Å². The summed E-state index contributed by atoms with van der Waals surface area (Å²) in [5, 5.41) is 2.99. The van der Waals surface area contributed by atoms with Crippen LogP contribution in [0.15, 0.2) is 108 Å². The molecule has 0 heterocycles. The van der Waals surface area contributed by atoms with Crippen LogP contribution < -0.4 is 9.62 Å². The molecule has 1 atom stereocenters. The number of sulfonamides is 1. The number of alkyl halides is 3. The highest BCUT2D eigenvalue weighted by Crippen LogP contribution is 2.37. The number of amides is 2. The zero-order chi connectivity index (χ0) is 35.1. The third kappa shape index (κ3) is 9.52. The molecule has 0 saturated carbocycles. The highest BCUT2D eigenvalue weighted by molar-refractivity contribution is 7.92. The van der Waals surface area contributed by atoms with Crippen molar-refractivity contribution in [3.05, 3.63) is 130 Å². The Morgan fingerprint density at radius 3 is 2.02 bits per heavy atom. The first-order chi connectivity index (χ1) is 22.7. The van der Waals surface area contributed by atoms with Crippen LogP contribution in [-0.4, -0.2) is 44.3 Å². The van der Waals surface area contributed by atoms with Gasteiger partial charge in [-0.15, -0.1) is 0 Å². The number of rotatable bonds is 13. The summed E-state index contributed by atoms with van der Waals surface area (Å²) < 4.78 is 70.2. The van der Waals surface area contributed by atoms with E-state index in [9.17, 15) is 31.2 Å². The van der Waals surface area contributed by atoms with E-state index in [0.717, 1.165) is 17.7 Å². The molecule has 0 radical (unpaired) electrons. The summed E-state index contributed by atoms with van der Waals surface area (Å²) in [6.07, 6.45) is -4.76. The maximum Gasteiger partial charge on any atom is 0.416 e. The van der Waals surface area contributed by atoms with E-state index in [-0.39, 0.29) is 28.8 Å². The molecular formula is C35H34Cl2F3N3O4S. The first kappa shape index (κ1) is 36.8. The third-order valence-corrected chi connectivity index (χ3v) is 9.72. The van der Waals surface area contributed by atoms with Crippen LogP contribution in [0.25, 0.3) is 0 Å². The number of nitrogens with zero attached hydrogens (tertiary/aromatic N) is 2. The van der Waals surface area contributed by atoms with E-state index in [4.69, 9.17) is 23.2 Å². The lowest BCUT2D eigenvalue weighted by molar-refractivity contribution is -0.140. The lowest BCUT2D eigenvalue weighted by Gasteiger charge is -2.34. The molecule has 0 aliphatic heterocycles. The normalized spacial score (nSPS) is 12.4. The van der Waals surface area contributed by atoms with Gasteiger partial charge >= 0.3 is 6.18 Å². The average Bonchev–Trinajstić information content (AvgIpc) is 3.05. The van der Waals surface area contributed by atoms with E-state index in [1.807, 2.05) is 13.8 Å². The van der Waals surface area contributed by atoms with Crippen molar-refractivity contribution in [2.24, 2.45) is 5.92 Å². The Morgan fingerprint density at radius 2 is 1.44 bits per heavy atom. The lowest BCUT2D eigenvalue weighted by Crippen LogP contribution is -2.53. The maximum absolute atomic E-state index is 14.5. The van der Waals surface area contributed by atoms with Crippen LogP contribution in [0.4, 0.5) is 18.9 Å². The first-order valence-corrected chi connectivity index (χ1v) is 17.2. The van der Waals surface area contributed by atoms with E-state index >= 15 is 0 Å². The van der Waals surface area contributed by atoms with Crippen molar-refractivity contribution in [1.82, 2.24) is 10.2 Å². The SMILES string of the molecule is CC(C)CNC(=O)C(Cc1ccccc1)N(Cc1ccc(Cl)cc1)C(=O)CN(c1cc(C(F)(F)F)ccc1Cl)S(=O)(=O)c1ccccc1. The van der Waals surface area contributed by atoms with Crippen molar-refractivity contribution in [3.63, 3.8) is 0 Å². The Balaban J connectivity index is 1.86. The van der Waals surface area contributed by atoms with Crippen molar-refractivity contribution in [2.45, 2.75) is 43.9 Å². The molecular weight excluding hydrogens is 686 g/mol. The molecule has 2 amide bonds. The molecule has 48 heavy (non-hydrogen) atoms. The Kier molecular flexibility index (Phi) is 12.2. The van der Waals surface area contributed by atoms with Crippen molar-refractivity contribution >= 4 is 50.7 Å². The Hall–Kier alpha value is -4.06. The van der Waals surface area contributed by atoms with E-state index in [0.29, 0.717) is 27.5 Å². The third-order valence-electron chi connectivity index (χ3n) is 7.37. The van der Waals surface area contributed by atoms with Crippen molar-refractivity contribution in [2.75, 3.05) is 17.4 Å². The fourth-order valence-corrected chi connectivity index (χ4v) is 6.72. The quantitative estimate of drug-likeness (QED) is 0.154. The maximum atomic E-state index is 14.5. The van der Waals surface area contributed by atoms with Gasteiger partial charge in [-0.2, -0.15) is 13.2 Å². The van der Waals surface area contributed by atoms with Crippen LogP contribution >= 0.6 is 23.2 Å². The molecule has 0 spiro atoms. The number of nitrogens with one attached hydrogen (secondary N) is 1. The number of anilines is 1. The Bertz CT molecular complexity index is 1810. The van der Waals surface area contributed by atoms with Crippen LogP contribution in [0.3, 0.4) is 0 Å². The molecule has 1 unspecified atom stereocenters. The van der Waals surface area contributed by atoms with Gasteiger partial charge in [-0.3, -0.25) is 13.9 Å². The second-order valence-electron chi connectivity index (χ2n) is 11.5. The predicted molar refractivity (Wildman–Crippen MR) is 181 cm³/mol. The van der Waals surface area contributed by atoms with Crippen LogP contribution in [0.2, 0.25) is 10.0 Å². The molecule has 0 aliphatic rings. The van der Waals surface area contributed by atoms with Gasteiger partial charge in [0.25, 0.3) is 10.0 Å². The largest absolute Gasteiger partial charge is 0.416 e. The second-order valence-corrected chi connectivity index (χ2v) is 14.2. The summed E-state index contributed by atoms with van der Waals surface area (Å²) in [7, 11) is -4.66. The zero-order valence-electron chi connectivity index (χ0n) is 26.1. The zero-order valence-corrected chi connectivity index (χ0v) is 28.5. The van der Waals surface area contributed by atoms with Crippen molar-refractivity contribution in [3.8, 4) is 0 Å². The standard InChI is InChI=1S/C35H34Cl2F3N3O4S/c1-24(2)21-41-34(45)32(19-25-9-5-3-6-10-25)42(22-26-13-16-28(36)17-14-26)33(44)23-43(48(46,47)29-11-7-4-8-12-29)31-20-27(35(38,39)40)15-18-30(31)37/h3-18,20,24,32H,19,21-23H2,1-2H3,(H,41,45). The molecule has 0 bridgehead atoms. The smallest absolute Gasteiger partial charge is 0.354 e. The summed E-state index contributed by atoms with van der Waals surface area (Å²) in [4.78, 5) is 29.3. The molecule has 0 saturated heterocycles. The number of hydrogen-bond acceptors (Lipinski definition) is 4. The van der Waals surface area contributed by atoms with E-state index in [2.05, 4.69) is 5.32 Å².